The average Bonchev–Trinajstić information content (AvgIpc) is 2.84. The van der Waals surface area contributed by atoms with Gasteiger partial charge >= 0.3 is 11.9 Å². The van der Waals surface area contributed by atoms with Gasteiger partial charge in [-0.15, -0.1) is 0 Å². The number of carbonyl (C=O) groups is 3. The Bertz CT molecular complexity index is 959. The van der Waals surface area contributed by atoms with Crippen LogP contribution in [0, 0.1) is 0 Å². The Hall–Kier alpha value is -3.79. The largest absolute Gasteiger partial charge is 0.496 e. The Balaban J connectivity index is 0.000000569. The van der Waals surface area contributed by atoms with Gasteiger partial charge in [-0.25, -0.2) is 9.59 Å². The number of hydrogen-bond donors (Lipinski definition) is 2. The standard InChI is InChI=1S/C21H26N2O4.C2H2O4/c1-25-18-9-5-4-8-17(18)21(24)23-13-11-22(12-14-23)15-16-7-6-10-19(26-2)20(16)27-3;3-1(4)2(5)6/h4-10H,11-15H2,1-3H3;(H,3,4)(H,5,6). The molecule has 1 heterocycles. The van der Waals surface area contributed by atoms with Crippen molar-refractivity contribution in [1.82, 2.24) is 9.80 Å². The van der Waals surface area contributed by atoms with Crippen molar-refractivity contribution in [3.05, 3.63) is 53.6 Å². The second-order valence-corrected chi connectivity index (χ2v) is 7.03. The predicted molar refractivity (Wildman–Crippen MR) is 119 cm³/mol. The van der Waals surface area contributed by atoms with Crippen LogP contribution in [0.2, 0.25) is 0 Å². The third-order valence-corrected chi connectivity index (χ3v) is 5.06. The van der Waals surface area contributed by atoms with Crippen LogP contribution in [0.3, 0.4) is 0 Å². The molecule has 0 saturated carbocycles. The first-order valence-electron chi connectivity index (χ1n) is 10.1. The number of ether oxygens (including phenoxy) is 3. The monoisotopic (exact) mass is 460 g/mol. The number of methoxy groups -OCH3 is 3. The molecule has 1 aliphatic heterocycles. The zero-order valence-electron chi connectivity index (χ0n) is 18.8. The summed E-state index contributed by atoms with van der Waals surface area (Å²) in [4.78, 5) is 35.2. The number of amides is 1. The van der Waals surface area contributed by atoms with Crippen molar-refractivity contribution >= 4 is 17.8 Å². The highest BCUT2D eigenvalue weighted by Crippen LogP contribution is 2.31. The van der Waals surface area contributed by atoms with E-state index in [1.165, 1.54) is 0 Å². The lowest BCUT2D eigenvalue weighted by Crippen LogP contribution is -2.48. The summed E-state index contributed by atoms with van der Waals surface area (Å²) >= 11 is 0. The maximum Gasteiger partial charge on any atom is 0.414 e. The maximum absolute atomic E-state index is 12.8. The molecule has 1 fully saturated rings. The van der Waals surface area contributed by atoms with E-state index in [2.05, 4.69) is 4.90 Å². The smallest absolute Gasteiger partial charge is 0.414 e. The van der Waals surface area contributed by atoms with E-state index in [9.17, 15) is 4.79 Å². The lowest BCUT2D eigenvalue weighted by Gasteiger charge is -2.35. The van der Waals surface area contributed by atoms with Gasteiger partial charge < -0.3 is 29.3 Å². The van der Waals surface area contributed by atoms with Gasteiger partial charge in [0, 0.05) is 38.3 Å². The molecule has 2 N–H and O–H groups in total. The fourth-order valence-corrected chi connectivity index (χ4v) is 3.42. The number of benzene rings is 2. The van der Waals surface area contributed by atoms with E-state index in [-0.39, 0.29) is 5.91 Å². The molecule has 33 heavy (non-hydrogen) atoms. The summed E-state index contributed by atoms with van der Waals surface area (Å²) in [5.74, 6) is -1.50. The third kappa shape index (κ3) is 6.84. The maximum atomic E-state index is 12.8. The highest BCUT2D eigenvalue weighted by molar-refractivity contribution is 6.27. The molecule has 0 spiro atoms. The van der Waals surface area contributed by atoms with Gasteiger partial charge in [0.05, 0.1) is 26.9 Å². The molecule has 2 aromatic carbocycles. The lowest BCUT2D eigenvalue weighted by molar-refractivity contribution is -0.159. The zero-order valence-corrected chi connectivity index (χ0v) is 18.8. The van der Waals surface area contributed by atoms with Crippen LogP contribution in [0.25, 0.3) is 0 Å². The molecule has 10 heteroatoms. The van der Waals surface area contributed by atoms with Crippen LogP contribution in [-0.4, -0.2) is 85.4 Å². The summed E-state index contributed by atoms with van der Waals surface area (Å²) in [7, 11) is 4.89. The summed E-state index contributed by atoms with van der Waals surface area (Å²) in [5, 5.41) is 14.8. The highest BCUT2D eigenvalue weighted by Gasteiger charge is 2.25. The Morgan fingerprint density at radius 2 is 1.36 bits per heavy atom. The molecular weight excluding hydrogens is 432 g/mol. The molecule has 0 aliphatic carbocycles. The molecule has 0 unspecified atom stereocenters. The van der Waals surface area contributed by atoms with E-state index < -0.39 is 11.9 Å². The second kappa shape index (κ2) is 12.3. The highest BCUT2D eigenvalue weighted by atomic mass is 16.5. The third-order valence-electron chi connectivity index (χ3n) is 5.06. The normalized spacial score (nSPS) is 13.4. The van der Waals surface area contributed by atoms with Gasteiger partial charge in [-0.2, -0.15) is 0 Å². The number of carbonyl (C=O) groups excluding carboxylic acids is 1. The Kier molecular flexibility index (Phi) is 9.49. The molecule has 178 valence electrons. The summed E-state index contributed by atoms with van der Waals surface area (Å²) in [6, 6.07) is 13.3. The van der Waals surface area contributed by atoms with Gasteiger partial charge in [0.2, 0.25) is 0 Å². The summed E-state index contributed by atoms with van der Waals surface area (Å²) in [6.07, 6.45) is 0. The minimum Gasteiger partial charge on any atom is -0.496 e. The minimum atomic E-state index is -1.82. The van der Waals surface area contributed by atoms with E-state index in [0.717, 1.165) is 36.7 Å². The molecule has 1 amide bonds. The number of hydrogen-bond acceptors (Lipinski definition) is 7. The Labute approximate surface area is 191 Å². The van der Waals surface area contributed by atoms with Crippen molar-refractivity contribution < 1.29 is 38.8 Å². The van der Waals surface area contributed by atoms with Gasteiger partial charge in [0.25, 0.3) is 5.91 Å². The van der Waals surface area contributed by atoms with E-state index in [0.29, 0.717) is 24.4 Å². The number of piperazine rings is 1. The Morgan fingerprint density at radius 3 is 1.91 bits per heavy atom. The van der Waals surface area contributed by atoms with Crippen molar-refractivity contribution in [3.8, 4) is 17.2 Å². The zero-order chi connectivity index (χ0) is 24.4. The van der Waals surface area contributed by atoms with E-state index >= 15 is 0 Å². The summed E-state index contributed by atoms with van der Waals surface area (Å²) in [6.45, 7) is 3.74. The topological polar surface area (TPSA) is 126 Å². The van der Waals surface area contributed by atoms with Gasteiger partial charge in [-0.1, -0.05) is 24.3 Å². The molecule has 0 radical (unpaired) electrons. The quantitative estimate of drug-likeness (QED) is 0.621. The molecular formula is C23H28N2O8. The number of nitrogens with zero attached hydrogens (tertiary/aromatic N) is 2. The van der Waals surface area contributed by atoms with Crippen molar-refractivity contribution in [3.63, 3.8) is 0 Å². The predicted octanol–water partition coefficient (Wildman–Crippen LogP) is 1.83. The van der Waals surface area contributed by atoms with E-state index in [1.54, 1.807) is 21.3 Å². The number of aliphatic carboxylic acids is 2. The summed E-state index contributed by atoms with van der Waals surface area (Å²) in [5.41, 5.74) is 1.70. The number of para-hydroxylation sites is 2. The van der Waals surface area contributed by atoms with E-state index in [1.807, 2.05) is 47.4 Å². The fourth-order valence-electron chi connectivity index (χ4n) is 3.42. The van der Waals surface area contributed by atoms with Crippen molar-refractivity contribution in [2.24, 2.45) is 0 Å². The first-order valence-corrected chi connectivity index (χ1v) is 10.1. The first-order chi connectivity index (χ1) is 15.8. The number of carboxylic acids is 2. The lowest BCUT2D eigenvalue weighted by atomic mass is 10.1. The average molecular weight is 460 g/mol. The van der Waals surface area contributed by atoms with Crippen LogP contribution in [0.15, 0.2) is 42.5 Å². The van der Waals surface area contributed by atoms with Crippen LogP contribution in [0.4, 0.5) is 0 Å². The number of rotatable bonds is 6. The van der Waals surface area contributed by atoms with E-state index in [4.69, 9.17) is 34.0 Å². The SMILES string of the molecule is COc1ccccc1C(=O)N1CCN(Cc2cccc(OC)c2OC)CC1.O=C(O)C(=O)O. The van der Waals surface area contributed by atoms with Gasteiger partial charge in [0.1, 0.15) is 5.75 Å². The minimum absolute atomic E-state index is 0.0195. The first kappa shape index (κ1) is 25.5. The van der Waals surface area contributed by atoms with Crippen LogP contribution in [-0.2, 0) is 16.1 Å². The number of carboxylic acid groups (broad SMARTS) is 2. The Morgan fingerprint density at radius 1 is 0.788 bits per heavy atom. The van der Waals surface area contributed by atoms with Crippen LogP contribution >= 0.6 is 0 Å². The second-order valence-electron chi connectivity index (χ2n) is 7.03. The van der Waals surface area contributed by atoms with Crippen molar-refractivity contribution in [2.75, 3.05) is 47.5 Å². The molecule has 3 rings (SSSR count). The van der Waals surface area contributed by atoms with Crippen molar-refractivity contribution in [1.29, 1.82) is 0 Å². The molecule has 1 saturated heterocycles. The van der Waals surface area contributed by atoms with Gasteiger partial charge in [0.15, 0.2) is 11.5 Å². The fraction of sp³-hybridized carbons (Fsp3) is 0.348. The molecule has 0 bridgehead atoms. The van der Waals surface area contributed by atoms with Crippen LogP contribution in [0.5, 0.6) is 17.2 Å². The molecule has 2 aromatic rings. The molecule has 0 aromatic heterocycles. The van der Waals surface area contributed by atoms with Crippen molar-refractivity contribution in [2.45, 2.75) is 6.54 Å². The van der Waals surface area contributed by atoms with Crippen LogP contribution in [0.1, 0.15) is 15.9 Å². The van der Waals surface area contributed by atoms with Gasteiger partial charge in [-0.3, -0.25) is 9.69 Å². The van der Waals surface area contributed by atoms with Gasteiger partial charge in [-0.05, 0) is 18.2 Å². The molecule has 10 nitrogen and oxygen atoms in total. The molecule has 0 atom stereocenters. The van der Waals surface area contributed by atoms with Crippen LogP contribution < -0.4 is 14.2 Å². The molecule has 1 aliphatic rings. The summed E-state index contributed by atoms with van der Waals surface area (Å²) < 4.78 is 16.2.